The second-order valence-corrected chi connectivity index (χ2v) is 4.40. The second-order valence-electron chi connectivity index (χ2n) is 3.99. The molecule has 3 nitrogen and oxygen atoms in total. The first kappa shape index (κ1) is 15.2. The Bertz CT molecular complexity index is 688. The summed E-state index contributed by atoms with van der Waals surface area (Å²) in [5.41, 5.74) is -1.47. The Morgan fingerprint density at radius 1 is 1.19 bits per heavy atom. The number of nitrogens with zero attached hydrogens (tertiary/aromatic N) is 1. The lowest BCUT2D eigenvalue weighted by atomic mass is 10.2. The van der Waals surface area contributed by atoms with Crippen LogP contribution in [0.25, 0.3) is 0 Å². The maximum absolute atomic E-state index is 12.9. The van der Waals surface area contributed by atoms with E-state index in [1.54, 1.807) is 0 Å². The SMILES string of the molecule is O=C(Nc1cc(C(F)(F)F)ccc1Cl)c1cccc(F)n1. The molecule has 0 aliphatic carbocycles. The average molecular weight is 319 g/mol. The number of amides is 1. The van der Waals surface area contributed by atoms with Crippen LogP contribution in [0.15, 0.2) is 36.4 Å². The summed E-state index contributed by atoms with van der Waals surface area (Å²) in [6, 6.07) is 6.01. The molecule has 110 valence electrons. The Morgan fingerprint density at radius 3 is 2.52 bits per heavy atom. The van der Waals surface area contributed by atoms with E-state index >= 15 is 0 Å². The lowest BCUT2D eigenvalue weighted by Gasteiger charge is -2.11. The van der Waals surface area contributed by atoms with Crippen molar-refractivity contribution < 1.29 is 22.4 Å². The van der Waals surface area contributed by atoms with Crippen molar-refractivity contribution in [2.24, 2.45) is 0 Å². The minimum Gasteiger partial charge on any atom is -0.319 e. The summed E-state index contributed by atoms with van der Waals surface area (Å²) in [6.07, 6.45) is -4.57. The van der Waals surface area contributed by atoms with Gasteiger partial charge in [0.1, 0.15) is 5.69 Å². The fourth-order valence-electron chi connectivity index (χ4n) is 1.52. The molecule has 1 amide bonds. The molecule has 0 unspecified atom stereocenters. The summed E-state index contributed by atoms with van der Waals surface area (Å²) in [5, 5.41) is 2.09. The van der Waals surface area contributed by atoms with Gasteiger partial charge in [-0.2, -0.15) is 17.6 Å². The molecule has 1 aromatic heterocycles. The molecule has 1 aromatic carbocycles. The van der Waals surface area contributed by atoms with Gasteiger partial charge in [0.25, 0.3) is 5.91 Å². The van der Waals surface area contributed by atoms with Gasteiger partial charge in [0.05, 0.1) is 16.3 Å². The molecule has 0 saturated heterocycles. The van der Waals surface area contributed by atoms with Gasteiger partial charge in [-0.25, -0.2) is 4.98 Å². The van der Waals surface area contributed by atoms with E-state index in [4.69, 9.17) is 11.6 Å². The second kappa shape index (κ2) is 5.69. The van der Waals surface area contributed by atoms with Crippen LogP contribution in [-0.2, 0) is 6.18 Å². The van der Waals surface area contributed by atoms with Gasteiger partial charge < -0.3 is 5.32 Å². The zero-order chi connectivity index (χ0) is 15.6. The highest BCUT2D eigenvalue weighted by Crippen LogP contribution is 2.33. The van der Waals surface area contributed by atoms with Gasteiger partial charge >= 0.3 is 6.18 Å². The van der Waals surface area contributed by atoms with Crippen molar-refractivity contribution >= 4 is 23.2 Å². The minimum absolute atomic E-state index is 0.0762. The number of halogens is 5. The van der Waals surface area contributed by atoms with Gasteiger partial charge in [-0.15, -0.1) is 0 Å². The van der Waals surface area contributed by atoms with E-state index in [1.165, 1.54) is 12.1 Å². The van der Waals surface area contributed by atoms with Crippen molar-refractivity contribution in [3.05, 3.63) is 58.6 Å². The van der Waals surface area contributed by atoms with Crippen molar-refractivity contribution in [3.8, 4) is 0 Å². The maximum atomic E-state index is 12.9. The van der Waals surface area contributed by atoms with Gasteiger partial charge in [0, 0.05) is 0 Å². The Labute approximate surface area is 121 Å². The molecule has 0 aliphatic heterocycles. The number of rotatable bonds is 2. The highest BCUT2D eigenvalue weighted by Gasteiger charge is 2.31. The number of anilines is 1. The number of alkyl halides is 3. The zero-order valence-corrected chi connectivity index (χ0v) is 11.0. The monoisotopic (exact) mass is 318 g/mol. The number of hydrogen-bond acceptors (Lipinski definition) is 2. The molecular weight excluding hydrogens is 312 g/mol. The molecule has 1 heterocycles. The standard InChI is InChI=1S/C13H7ClF4N2O/c14-8-5-4-7(13(16,17)18)6-10(8)20-12(21)9-2-1-3-11(15)19-9/h1-6H,(H,20,21). The molecule has 0 atom stereocenters. The highest BCUT2D eigenvalue weighted by molar-refractivity contribution is 6.33. The molecule has 1 N–H and O–H groups in total. The Hall–Kier alpha value is -2.15. The smallest absolute Gasteiger partial charge is 0.319 e. The first-order valence-corrected chi connectivity index (χ1v) is 5.96. The van der Waals surface area contributed by atoms with Crippen molar-refractivity contribution in [2.75, 3.05) is 5.32 Å². The predicted molar refractivity (Wildman–Crippen MR) is 68.6 cm³/mol. The third kappa shape index (κ3) is 3.69. The van der Waals surface area contributed by atoms with Gasteiger partial charge in [0.15, 0.2) is 0 Å². The molecule has 0 fully saturated rings. The molecule has 21 heavy (non-hydrogen) atoms. The van der Waals surface area contributed by atoms with Gasteiger partial charge in [-0.3, -0.25) is 4.79 Å². The number of carbonyl (C=O) groups excluding carboxylic acids is 1. The van der Waals surface area contributed by atoms with Crippen molar-refractivity contribution in [3.63, 3.8) is 0 Å². The fourth-order valence-corrected chi connectivity index (χ4v) is 1.68. The number of nitrogens with one attached hydrogen (secondary N) is 1. The van der Waals surface area contributed by atoms with Crippen LogP contribution in [0.2, 0.25) is 5.02 Å². The molecule has 2 rings (SSSR count). The normalized spacial score (nSPS) is 11.3. The van der Waals surface area contributed by atoms with E-state index in [2.05, 4.69) is 10.3 Å². The summed E-state index contributed by atoms with van der Waals surface area (Å²) < 4.78 is 50.7. The van der Waals surface area contributed by atoms with Crippen LogP contribution in [-0.4, -0.2) is 10.9 Å². The molecule has 0 spiro atoms. The van der Waals surface area contributed by atoms with Crippen molar-refractivity contribution in [1.29, 1.82) is 0 Å². The molecule has 0 bridgehead atoms. The first-order chi connectivity index (χ1) is 9.77. The summed E-state index contributed by atoms with van der Waals surface area (Å²) in [7, 11) is 0. The van der Waals surface area contributed by atoms with E-state index in [-0.39, 0.29) is 16.4 Å². The van der Waals surface area contributed by atoms with Crippen LogP contribution >= 0.6 is 11.6 Å². The Kier molecular flexibility index (Phi) is 4.13. The van der Waals surface area contributed by atoms with E-state index in [0.29, 0.717) is 6.07 Å². The topological polar surface area (TPSA) is 42.0 Å². The third-order valence-electron chi connectivity index (χ3n) is 2.49. The number of benzene rings is 1. The first-order valence-electron chi connectivity index (χ1n) is 5.58. The highest BCUT2D eigenvalue weighted by atomic mass is 35.5. The van der Waals surface area contributed by atoms with Crippen molar-refractivity contribution in [2.45, 2.75) is 6.18 Å². The van der Waals surface area contributed by atoms with Gasteiger partial charge in [-0.1, -0.05) is 17.7 Å². The van der Waals surface area contributed by atoms with Crippen molar-refractivity contribution in [1.82, 2.24) is 4.98 Å². The number of hydrogen-bond donors (Lipinski definition) is 1. The van der Waals surface area contributed by atoms with Crippen LogP contribution in [0, 0.1) is 5.95 Å². The largest absolute Gasteiger partial charge is 0.416 e. The molecule has 8 heteroatoms. The molecular formula is C13H7ClF4N2O. The summed E-state index contributed by atoms with van der Waals surface area (Å²) in [5.74, 6) is -1.74. The maximum Gasteiger partial charge on any atom is 0.416 e. The molecule has 2 aromatic rings. The zero-order valence-electron chi connectivity index (χ0n) is 10.2. The quantitative estimate of drug-likeness (QED) is 0.668. The van der Waals surface area contributed by atoms with Crippen LogP contribution in [0.3, 0.4) is 0 Å². The Morgan fingerprint density at radius 2 is 1.90 bits per heavy atom. The van der Waals surface area contributed by atoms with E-state index in [9.17, 15) is 22.4 Å². The van der Waals surface area contributed by atoms with Crippen LogP contribution in [0.1, 0.15) is 16.1 Å². The number of pyridine rings is 1. The van der Waals surface area contributed by atoms with E-state index in [1.807, 2.05) is 0 Å². The number of carbonyl (C=O) groups is 1. The number of aromatic nitrogens is 1. The average Bonchev–Trinajstić information content (AvgIpc) is 2.40. The lowest BCUT2D eigenvalue weighted by molar-refractivity contribution is -0.137. The van der Waals surface area contributed by atoms with Crippen LogP contribution in [0.5, 0.6) is 0 Å². The van der Waals surface area contributed by atoms with Crippen LogP contribution in [0.4, 0.5) is 23.2 Å². The summed E-state index contributed by atoms with van der Waals surface area (Å²) in [6.45, 7) is 0. The molecule has 0 radical (unpaired) electrons. The van der Waals surface area contributed by atoms with E-state index < -0.39 is 23.6 Å². The third-order valence-corrected chi connectivity index (χ3v) is 2.82. The van der Waals surface area contributed by atoms with Gasteiger partial charge in [0.2, 0.25) is 5.95 Å². The van der Waals surface area contributed by atoms with Gasteiger partial charge in [-0.05, 0) is 30.3 Å². The predicted octanol–water partition coefficient (Wildman–Crippen LogP) is 4.15. The molecule has 0 aliphatic rings. The summed E-state index contributed by atoms with van der Waals surface area (Å²) >= 11 is 5.73. The van der Waals surface area contributed by atoms with Crippen LogP contribution < -0.4 is 5.32 Å². The molecule has 0 saturated carbocycles. The summed E-state index contributed by atoms with van der Waals surface area (Å²) in [4.78, 5) is 15.1. The van der Waals surface area contributed by atoms with E-state index in [0.717, 1.165) is 18.2 Å². The minimum atomic E-state index is -4.57. The Balaban J connectivity index is 2.29. The lowest BCUT2D eigenvalue weighted by Crippen LogP contribution is -2.15. The fraction of sp³-hybridized carbons (Fsp3) is 0.0769.